The fourth-order valence-electron chi connectivity index (χ4n) is 3.80. The second-order valence-corrected chi connectivity index (χ2v) is 6.99. The number of hydrogen-bond donors (Lipinski definition) is 0. The molecule has 3 heteroatoms. The zero-order valence-corrected chi connectivity index (χ0v) is 15.0. The van der Waals surface area contributed by atoms with Crippen LogP contribution in [0.4, 0.5) is 0 Å². The minimum absolute atomic E-state index is 0.0847. The number of amides is 1. The molecule has 1 amide bonds. The molecule has 3 nitrogen and oxygen atoms in total. The minimum atomic E-state index is -0.348. The van der Waals surface area contributed by atoms with E-state index in [1.807, 2.05) is 31.9 Å². The SMILES string of the molecule is CC=C(C)N(C)C(=O)C(C)(C)C1(CC)CCC(OC)CC1. The third-order valence-electron chi connectivity index (χ3n) is 6.01. The summed E-state index contributed by atoms with van der Waals surface area (Å²) in [6.45, 7) is 10.5. The van der Waals surface area contributed by atoms with Crippen molar-refractivity contribution in [3.63, 3.8) is 0 Å². The average molecular weight is 295 g/mol. The summed E-state index contributed by atoms with van der Waals surface area (Å²) in [6.07, 6.45) is 7.68. The molecule has 0 bridgehead atoms. The number of carbonyl (C=O) groups excluding carboxylic acids is 1. The summed E-state index contributed by atoms with van der Waals surface area (Å²) in [4.78, 5) is 14.9. The molecule has 0 N–H and O–H groups in total. The molecular formula is C18H33NO2. The minimum Gasteiger partial charge on any atom is -0.381 e. The molecule has 0 radical (unpaired) electrons. The summed E-state index contributed by atoms with van der Waals surface area (Å²) < 4.78 is 5.50. The van der Waals surface area contributed by atoms with E-state index in [2.05, 4.69) is 20.8 Å². The first-order valence-corrected chi connectivity index (χ1v) is 8.19. The highest BCUT2D eigenvalue weighted by Gasteiger charge is 2.50. The van der Waals surface area contributed by atoms with Gasteiger partial charge < -0.3 is 9.64 Å². The van der Waals surface area contributed by atoms with Crippen molar-refractivity contribution < 1.29 is 9.53 Å². The zero-order chi connectivity index (χ0) is 16.3. The number of hydrogen-bond acceptors (Lipinski definition) is 2. The first kappa shape index (κ1) is 18.2. The molecular weight excluding hydrogens is 262 g/mol. The molecule has 0 aromatic carbocycles. The standard InChI is InChI=1S/C18H33NO2/c1-8-14(3)19(6)16(20)17(4,5)18(9-2)12-10-15(21-7)11-13-18/h8,15H,9-13H2,1-7H3. The molecule has 0 heterocycles. The monoisotopic (exact) mass is 295 g/mol. The Kier molecular flexibility index (Phi) is 6.03. The fraction of sp³-hybridized carbons (Fsp3) is 0.833. The summed E-state index contributed by atoms with van der Waals surface area (Å²) in [5.41, 5.74) is 0.755. The quantitative estimate of drug-likeness (QED) is 0.753. The van der Waals surface area contributed by atoms with E-state index in [0.29, 0.717) is 6.10 Å². The van der Waals surface area contributed by atoms with E-state index in [1.54, 1.807) is 7.11 Å². The molecule has 0 unspecified atom stereocenters. The van der Waals surface area contributed by atoms with Crippen molar-refractivity contribution in [3.05, 3.63) is 11.8 Å². The molecule has 1 aliphatic carbocycles. The molecule has 0 spiro atoms. The normalized spacial score (nSPS) is 27.6. The Hall–Kier alpha value is -0.830. The Labute approximate surface area is 130 Å². The van der Waals surface area contributed by atoms with Crippen LogP contribution >= 0.6 is 0 Å². The van der Waals surface area contributed by atoms with Crippen LogP contribution in [0.1, 0.15) is 66.7 Å². The molecule has 0 aliphatic heterocycles. The number of ether oxygens (including phenoxy) is 1. The van der Waals surface area contributed by atoms with E-state index >= 15 is 0 Å². The van der Waals surface area contributed by atoms with Gasteiger partial charge in [-0.3, -0.25) is 4.79 Å². The molecule has 1 fully saturated rings. The highest BCUT2D eigenvalue weighted by Crippen LogP contribution is 2.53. The Morgan fingerprint density at radius 2 is 1.90 bits per heavy atom. The molecule has 1 saturated carbocycles. The van der Waals surface area contributed by atoms with Gasteiger partial charge in [-0.2, -0.15) is 0 Å². The Bertz CT molecular complexity index is 390. The van der Waals surface area contributed by atoms with E-state index in [4.69, 9.17) is 4.74 Å². The maximum Gasteiger partial charge on any atom is 0.232 e. The zero-order valence-electron chi connectivity index (χ0n) is 15.0. The molecule has 122 valence electrons. The number of allylic oxidation sites excluding steroid dienone is 2. The van der Waals surface area contributed by atoms with Crippen LogP contribution in [-0.2, 0) is 9.53 Å². The highest BCUT2D eigenvalue weighted by atomic mass is 16.5. The van der Waals surface area contributed by atoms with E-state index in [1.165, 1.54) is 0 Å². The van der Waals surface area contributed by atoms with Crippen LogP contribution < -0.4 is 0 Å². The second kappa shape index (κ2) is 6.95. The predicted molar refractivity (Wildman–Crippen MR) is 88.0 cm³/mol. The lowest BCUT2D eigenvalue weighted by Crippen LogP contribution is -2.50. The summed E-state index contributed by atoms with van der Waals surface area (Å²) in [5.74, 6) is 0.232. The number of carbonyl (C=O) groups is 1. The summed E-state index contributed by atoms with van der Waals surface area (Å²) in [6, 6.07) is 0. The molecule has 1 rings (SSSR count). The maximum absolute atomic E-state index is 13.0. The fourth-order valence-corrected chi connectivity index (χ4v) is 3.80. The summed E-state index contributed by atoms with van der Waals surface area (Å²) in [5, 5.41) is 0. The van der Waals surface area contributed by atoms with Crippen LogP contribution in [0.2, 0.25) is 0 Å². The highest BCUT2D eigenvalue weighted by molar-refractivity contribution is 5.84. The van der Waals surface area contributed by atoms with Crippen molar-refractivity contribution in [2.24, 2.45) is 10.8 Å². The average Bonchev–Trinajstić information content (AvgIpc) is 2.52. The number of methoxy groups -OCH3 is 1. The molecule has 0 saturated heterocycles. The van der Waals surface area contributed by atoms with Gasteiger partial charge in [-0.1, -0.05) is 26.8 Å². The topological polar surface area (TPSA) is 29.5 Å². The number of nitrogens with zero attached hydrogens (tertiary/aromatic N) is 1. The maximum atomic E-state index is 13.0. The van der Waals surface area contributed by atoms with Crippen molar-refractivity contribution in [2.45, 2.75) is 72.8 Å². The second-order valence-electron chi connectivity index (χ2n) is 6.99. The molecule has 21 heavy (non-hydrogen) atoms. The Balaban J connectivity index is 3.00. The van der Waals surface area contributed by atoms with Gasteiger partial charge in [0, 0.05) is 25.3 Å². The predicted octanol–water partition coefficient (Wildman–Crippen LogP) is 4.38. The van der Waals surface area contributed by atoms with Gasteiger partial charge in [0.2, 0.25) is 5.91 Å². The first-order valence-electron chi connectivity index (χ1n) is 8.19. The first-order chi connectivity index (χ1) is 9.75. The van der Waals surface area contributed by atoms with Crippen molar-refractivity contribution in [3.8, 4) is 0 Å². The van der Waals surface area contributed by atoms with Gasteiger partial charge in [-0.05, 0) is 51.4 Å². The largest absolute Gasteiger partial charge is 0.381 e. The van der Waals surface area contributed by atoms with Crippen molar-refractivity contribution >= 4 is 5.91 Å². The van der Waals surface area contributed by atoms with Crippen molar-refractivity contribution in [1.82, 2.24) is 4.90 Å². The van der Waals surface area contributed by atoms with Crippen LogP contribution in [0, 0.1) is 10.8 Å². The third-order valence-corrected chi connectivity index (χ3v) is 6.01. The molecule has 0 atom stereocenters. The lowest BCUT2D eigenvalue weighted by atomic mass is 9.56. The van der Waals surface area contributed by atoms with Gasteiger partial charge in [0.1, 0.15) is 0 Å². The van der Waals surface area contributed by atoms with Crippen LogP contribution in [0.15, 0.2) is 11.8 Å². The van der Waals surface area contributed by atoms with Crippen LogP contribution in [-0.4, -0.2) is 31.1 Å². The summed E-state index contributed by atoms with van der Waals surface area (Å²) in [7, 11) is 3.69. The van der Waals surface area contributed by atoms with Gasteiger partial charge in [-0.15, -0.1) is 0 Å². The van der Waals surface area contributed by atoms with Crippen molar-refractivity contribution in [1.29, 1.82) is 0 Å². The Morgan fingerprint density at radius 3 is 2.29 bits per heavy atom. The van der Waals surface area contributed by atoms with E-state index in [9.17, 15) is 4.79 Å². The van der Waals surface area contributed by atoms with Gasteiger partial charge in [0.15, 0.2) is 0 Å². The molecule has 1 aliphatic rings. The lowest BCUT2D eigenvalue weighted by molar-refractivity contribution is -0.149. The smallest absolute Gasteiger partial charge is 0.232 e. The van der Waals surface area contributed by atoms with E-state index in [0.717, 1.165) is 37.8 Å². The number of rotatable bonds is 5. The lowest BCUT2D eigenvalue weighted by Gasteiger charge is -2.50. The molecule has 0 aromatic heterocycles. The van der Waals surface area contributed by atoms with Gasteiger partial charge in [0.25, 0.3) is 0 Å². The van der Waals surface area contributed by atoms with Crippen molar-refractivity contribution in [2.75, 3.05) is 14.2 Å². The van der Waals surface area contributed by atoms with Crippen LogP contribution in [0.25, 0.3) is 0 Å². The molecule has 0 aromatic rings. The third kappa shape index (κ3) is 3.33. The van der Waals surface area contributed by atoms with E-state index in [-0.39, 0.29) is 16.7 Å². The van der Waals surface area contributed by atoms with E-state index < -0.39 is 0 Å². The Morgan fingerprint density at radius 1 is 1.38 bits per heavy atom. The summed E-state index contributed by atoms with van der Waals surface area (Å²) >= 11 is 0. The van der Waals surface area contributed by atoms with Crippen LogP contribution in [0.3, 0.4) is 0 Å². The van der Waals surface area contributed by atoms with Gasteiger partial charge in [0.05, 0.1) is 6.10 Å². The van der Waals surface area contributed by atoms with Gasteiger partial charge >= 0.3 is 0 Å². The van der Waals surface area contributed by atoms with Gasteiger partial charge in [-0.25, -0.2) is 0 Å². The van der Waals surface area contributed by atoms with Crippen LogP contribution in [0.5, 0.6) is 0 Å².